The first-order chi connectivity index (χ1) is 16.4. The van der Waals surface area contributed by atoms with E-state index in [1.807, 2.05) is 0 Å². The van der Waals surface area contributed by atoms with Gasteiger partial charge in [-0.05, 0) is 62.5 Å². The van der Waals surface area contributed by atoms with Crippen molar-refractivity contribution in [1.29, 1.82) is 0 Å². The molecule has 35 heavy (non-hydrogen) atoms. The van der Waals surface area contributed by atoms with Crippen molar-refractivity contribution in [2.45, 2.75) is 78.1 Å². The van der Waals surface area contributed by atoms with Gasteiger partial charge in [-0.15, -0.1) is 6.58 Å². The Hall–Kier alpha value is -0.877. The molecule has 0 fully saturated rings. The molecule has 0 saturated heterocycles. The average Bonchev–Trinajstić information content (AvgIpc) is 3.43. The molecule has 0 aromatic heterocycles. The molecule has 3 heteroatoms. The minimum absolute atomic E-state index is 0.0880. The van der Waals surface area contributed by atoms with Crippen LogP contribution in [0.4, 0.5) is 0 Å². The molecule has 4 rings (SSSR count). The molecule has 0 spiro atoms. The van der Waals surface area contributed by atoms with Crippen molar-refractivity contribution in [3.63, 3.8) is 0 Å². The monoisotopic (exact) mass is 584 g/mol. The summed E-state index contributed by atoms with van der Waals surface area (Å²) in [6.07, 6.45) is 13.5. The van der Waals surface area contributed by atoms with Crippen LogP contribution in [0.15, 0.2) is 73.4 Å². The molecule has 186 valence electrons. The second kappa shape index (κ2) is 11.2. The third kappa shape index (κ3) is 6.00. The first-order valence-electron chi connectivity index (χ1n) is 12.6. The van der Waals surface area contributed by atoms with Gasteiger partial charge in [0.05, 0.1) is 0 Å². The van der Waals surface area contributed by atoms with Crippen molar-refractivity contribution in [1.82, 2.24) is 0 Å². The summed E-state index contributed by atoms with van der Waals surface area (Å²) in [5, 5.41) is 0. The summed E-state index contributed by atoms with van der Waals surface area (Å²) >= 11 is -0.826. The number of hydrogen-bond acceptors (Lipinski definition) is 0. The average molecular weight is 587 g/mol. The summed E-state index contributed by atoms with van der Waals surface area (Å²) in [4.78, 5) is 0. The molecule has 0 saturated carbocycles. The zero-order valence-electron chi connectivity index (χ0n) is 22.4. The molecule has 0 N–H and O–H groups in total. The topological polar surface area (TPSA) is 0 Å². The van der Waals surface area contributed by atoms with Gasteiger partial charge in [0.2, 0.25) is 0 Å². The van der Waals surface area contributed by atoms with Gasteiger partial charge >= 0.3 is 37.9 Å². The molecule has 0 radical (unpaired) electrons. The van der Waals surface area contributed by atoms with Crippen LogP contribution in [0.1, 0.15) is 89.5 Å². The second-order valence-electron chi connectivity index (χ2n) is 12.2. The fraction of sp³-hybridized carbons (Fsp3) is 0.438. The molecule has 0 bridgehead atoms. The summed E-state index contributed by atoms with van der Waals surface area (Å²) in [5.74, 6) is 0.803. The minimum atomic E-state index is -0.826. The van der Waals surface area contributed by atoms with Crippen molar-refractivity contribution < 1.29 is 20.8 Å². The normalized spacial score (nSPS) is 16.8. The zero-order valence-corrected chi connectivity index (χ0v) is 26.4. The van der Waals surface area contributed by atoms with E-state index >= 15 is 0 Å². The number of allylic oxidation sites excluding steroid dienone is 5. The van der Waals surface area contributed by atoms with E-state index in [1.54, 1.807) is 0 Å². The number of hydrogen-bond donors (Lipinski definition) is 0. The fourth-order valence-corrected chi connectivity index (χ4v) is 5.69. The molecule has 0 aliphatic heterocycles. The number of rotatable bonds is 5. The van der Waals surface area contributed by atoms with Crippen molar-refractivity contribution in [3.05, 3.63) is 95.6 Å². The van der Waals surface area contributed by atoms with E-state index < -0.39 is 20.8 Å². The van der Waals surface area contributed by atoms with Gasteiger partial charge in [-0.2, -0.15) is 0 Å². The first-order valence-corrected chi connectivity index (χ1v) is 18.9. The summed E-state index contributed by atoms with van der Waals surface area (Å²) in [7, 11) is 9.87. The molecule has 0 amide bonds. The Kier molecular flexibility index (Phi) is 9.22. The van der Waals surface area contributed by atoms with Crippen molar-refractivity contribution in [2.75, 3.05) is 0 Å². The van der Waals surface area contributed by atoms with Crippen LogP contribution in [-0.4, -0.2) is 0 Å². The van der Waals surface area contributed by atoms with Gasteiger partial charge < -0.3 is 0 Å². The first kappa shape index (κ1) is 28.7. The molecule has 2 aliphatic carbocycles. The van der Waals surface area contributed by atoms with Crippen LogP contribution in [0.2, 0.25) is 0 Å². The van der Waals surface area contributed by atoms with Crippen LogP contribution >= 0.6 is 17.0 Å². The molecular weight excluding hydrogens is 546 g/mol. The van der Waals surface area contributed by atoms with Crippen LogP contribution in [-0.2, 0) is 31.7 Å². The Morgan fingerprint density at radius 3 is 1.60 bits per heavy atom. The van der Waals surface area contributed by atoms with Gasteiger partial charge in [0.15, 0.2) is 0 Å². The van der Waals surface area contributed by atoms with E-state index in [0.29, 0.717) is 11.8 Å². The Balaban J connectivity index is 0.00000108. The Labute approximate surface area is 232 Å². The number of benzene rings is 2. The van der Waals surface area contributed by atoms with Crippen LogP contribution in [0.5, 0.6) is 0 Å². The van der Waals surface area contributed by atoms with Gasteiger partial charge in [-0.3, -0.25) is 0 Å². The second-order valence-corrected chi connectivity index (χ2v) is 16.0. The number of fused-ring (bicyclic) bond motifs is 3. The SMILES string of the molecule is C=CCC[C@@](C)(C1C=CC=C1)C1c2cc(C(C)(C)C)ccc2-c2ccc(C(C)(C)C)cc21.[Cl][Zr][Cl]. The van der Waals surface area contributed by atoms with Crippen molar-refractivity contribution in [3.8, 4) is 11.1 Å². The zero-order chi connectivity index (χ0) is 26.0. The van der Waals surface area contributed by atoms with Crippen LogP contribution in [0.25, 0.3) is 11.1 Å². The predicted molar refractivity (Wildman–Crippen MR) is 152 cm³/mol. The molecule has 0 nitrogen and oxygen atoms in total. The molecule has 0 heterocycles. The summed E-state index contributed by atoms with van der Waals surface area (Å²) in [6, 6.07) is 14.5. The van der Waals surface area contributed by atoms with E-state index in [2.05, 4.69) is 122 Å². The van der Waals surface area contributed by atoms with Crippen molar-refractivity contribution >= 4 is 17.0 Å². The molecule has 2 aliphatic rings. The fourth-order valence-electron chi connectivity index (χ4n) is 5.69. The van der Waals surface area contributed by atoms with E-state index in [4.69, 9.17) is 17.0 Å². The molecular formula is C32H40Cl2Zr. The van der Waals surface area contributed by atoms with Crippen LogP contribution in [0.3, 0.4) is 0 Å². The summed E-state index contributed by atoms with van der Waals surface area (Å²) in [6.45, 7) is 20.5. The Bertz CT molecular complexity index is 1040. The van der Waals surface area contributed by atoms with E-state index in [1.165, 1.54) is 33.4 Å². The Morgan fingerprint density at radius 2 is 1.23 bits per heavy atom. The molecule has 2 aromatic rings. The van der Waals surface area contributed by atoms with Gasteiger partial charge in [0.25, 0.3) is 0 Å². The third-order valence-corrected chi connectivity index (χ3v) is 7.80. The predicted octanol–water partition coefficient (Wildman–Crippen LogP) is 10.5. The van der Waals surface area contributed by atoms with Crippen LogP contribution in [0, 0.1) is 11.3 Å². The molecule has 2 aromatic carbocycles. The van der Waals surface area contributed by atoms with Gasteiger partial charge in [-0.1, -0.05) is 115 Å². The third-order valence-electron chi connectivity index (χ3n) is 7.80. The molecule has 1 atom stereocenters. The summed E-state index contributed by atoms with van der Waals surface area (Å²) in [5.41, 5.74) is 9.08. The van der Waals surface area contributed by atoms with E-state index in [0.717, 1.165) is 12.8 Å². The summed E-state index contributed by atoms with van der Waals surface area (Å²) < 4.78 is 0. The van der Waals surface area contributed by atoms with Crippen molar-refractivity contribution in [2.24, 2.45) is 11.3 Å². The standard InChI is InChI=1S/C32H40.2ClH.Zr/c1-9-10-19-32(8,22-13-11-12-14-22)29-27-20-23(30(2,3)4)15-17-25(27)26-18-16-24(21-28(26)29)31(5,6)7;;;/h9,11-18,20-22,29H,1,10,19H2,2-8H3;2*1H;/q;;;+2/p-2/t32-;;;/m0.../s1. The van der Waals surface area contributed by atoms with E-state index in [9.17, 15) is 0 Å². The number of halogens is 2. The quantitative estimate of drug-likeness (QED) is 0.306. The van der Waals surface area contributed by atoms with Crippen LogP contribution < -0.4 is 0 Å². The Morgan fingerprint density at radius 1 is 0.800 bits per heavy atom. The van der Waals surface area contributed by atoms with Gasteiger partial charge in [0.1, 0.15) is 0 Å². The van der Waals surface area contributed by atoms with E-state index in [-0.39, 0.29) is 16.2 Å². The van der Waals surface area contributed by atoms with Gasteiger partial charge in [-0.25, -0.2) is 0 Å². The van der Waals surface area contributed by atoms with Gasteiger partial charge in [0, 0.05) is 11.8 Å². The maximum atomic E-state index is 4.93. The maximum absolute atomic E-state index is 4.93. The molecule has 0 unspecified atom stereocenters.